The number of hydrogen-bond donors (Lipinski definition) is 2. The summed E-state index contributed by atoms with van der Waals surface area (Å²) in [5, 5.41) is 5.95. The first-order valence-electron chi connectivity index (χ1n) is 15.6. The van der Waals surface area contributed by atoms with Crippen LogP contribution in [0.1, 0.15) is 109 Å². The van der Waals surface area contributed by atoms with Crippen LogP contribution in [0.15, 0.2) is 48.5 Å². The normalized spacial score (nSPS) is 13.5. The number of hydrogen-bond acceptors (Lipinski definition) is 4. The molecule has 2 aromatic carbocycles. The molecule has 0 radical (unpaired) electrons. The number of nitrogens with zero attached hydrogens (tertiary/aromatic N) is 1. The SMILES string of the molecule is CCCCCCCCN(C(=O)C(NC(=O)OC(C)(C)C)C(C)CC)C(C(=O)Nc1ccccc1C)c1cccc(C)c1. The van der Waals surface area contributed by atoms with E-state index in [9.17, 15) is 14.4 Å². The van der Waals surface area contributed by atoms with E-state index in [2.05, 4.69) is 17.6 Å². The van der Waals surface area contributed by atoms with E-state index in [1.165, 1.54) is 6.42 Å². The molecule has 7 nitrogen and oxygen atoms in total. The second kappa shape index (κ2) is 16.9. The smallest absolute Gasteiger partial charge is 0.408 e. The molecule has 2 N–H and O–H groups in total. The van der Waals surface area contributed by atoms with Crippen LogP contribution in [0.2, 0.25) is 0 Å². The second-order valence-electron chi connectivity index (χ2n) is 12.4. The maximum absolute atomic E-state index is 14.5. The Morgan fingerprint density at radius 1 is 0.905 bits per heavy atom. The van der Waals surface area contributed by atoms with Gasteiger partial charge in [0.2, 0.25) is 5.91 Å². The molecule has 7 heteroatoms. The van der Waals surface area contributed by atoms with Crippen molar-refractivity contribution in [2.24, 2.45) is 5.92 Å². The first-order chi connectivity index (χ1) is 19.9. The zero-order valence-electron chi connectivity index (χ0n) is 27.1. The molecular formula is C35H53N3O4. The van der Waals surface area contributed by atoms with Crippen LogP contribution in [0, 0.1) is 19.8 Å². The number of para-hydroxylation sites is 1. The Hall–Kier alpha value is -3.35. The van der Waals surface area contributed by atoms with Crippen molar-refractivity contribution in [3.05, 3.63) is 65.2 Å². The summed E-state index contributed by atoms with van der Waals surface area (Å²) < 4.78 is 5.53. The van der Waals surface area contributed by atoms with Gasteiger partial charge in [0, 0.05) is 12.2 Å². The molecule has 2 rings (SSSR count). The fourth-order valence-electron chi connectivity index (χ4n) is 4.95. The number of nitrogens with one attached hydrogen (secondary N) is 2. The third-order valence-electron chi connectivity index (χ3n) is 7.51. The van der Waals surface area contributed by atoms with E-state index in [1.807, 2.05) is 76.2 Å². The summed E-state index contributed by atoms with van der Waals surface area (Å²) in [6.45, 7) is 15.8. The molecule has 0 fully saturated rings. The summed E-state index contributed by atoms with van der Waals surface area (Å²) in [6.07, 6.45) is 6.31. The van der Waals surface area contributed by atoms with Gasteiger partial charge in [0.25, 0.3) is 5.91 Å². The van der Waals surface area contributed by atoms with Crippen LogP contribution in [0.4, 0.5) is 10.5 Å². The third-order valence-corrected chi connectivity index (χ3v) is 7.51. The highest BCUT2D eigenvalue weighted by molar-refractivity contribution is 5.99. The van der Waals surface area contributed by atoms with Gasteiger partial charge in [0.1, 0.15) is 17.7 Å². The Balaban J connectivity index is 2.53. The number of ether oxygens (including phenoxy) is 1. The first kappa shape index (κ1) is 34.8. The number of benzene rings is 2. The maximum Gasteiger partial charge on any atom is 0.408 e. The van der Waals surface area contributed by atoms with Crippen molar-refractivity contribution >= 4 is 23.6 Å². The molecule has 0 bridgehead atoms. The van der Waals surface area contributed by atoms with Crippen molar-refractivity contribution in [2.45, 2.75) is 118 Å². The summed E-state index contributed by atoms with van der Waals surface area (Å²) in [6, 6.07) is 13.7. The molecular weight excluding hydrogens is 526 g/mol. The van der Waals surface area contributed by atoms with E-state index in [0.29, 0.717) is 18.7 Å². The number of aryl methyl sites for hydroxylation is 2. The minimum atomic E-state index is -0.875. The topological polar surface area (TPSA) is 87.7 Å². The molecule has 0 saturated carbocycles. The minimum absolute atomic E-state index is 0.172. The fraction of sp³-hybridized carbons (Fsp3) is 0.571. The highest BCUT2D eigenvalue weighted by Crippen LogP contribution is 2.28. The Labute approximate surface area is 253 Å². The molecule has 0 aliphatic rings. The number of alkyl carbamates (subject to hydrolysis) is 1. The molecule has 0 aromatic heterocycles. The molecule has 0 saturated heterocycles. The standard InChI is InChI=1S/C35H53N3O4/c1-9-11-12-13-14-17-23-38(33(40)30(26(4)10-2)37-34(41)42-35(6,7)8)31(28-21-18-19-25(3)24-28)32(39)36-29-22-16-15-20-27(29)5/h15-16,18-22,24,26,30-31H,9-14,17,23H2,1-8H3,(H,36,39)(H,37,41). The highest BCUT2D eigenvalue weighted by Gasteiger charge is 2.38. The lowest BCUT2D eigenvalue weighted by atomic mass is 9.95. The van der Waals surface area contributed by atoms with Gasteiger partial charge in [-0.1, -0.05) is 107 Å². The maximum atomic E-state index is 14.5. The minimum Gasteiger partial charge on any atom is -0.444 e. The van der Waals surface area contributed by atoms with Gasteiger partial charge in [0.15, 0.2) is 0 Å². The van der Waals surface area contributed by atoms with Crippen molar-refractivity contribution in [2.75, 3.05) is 11.9 Å². The summed E-state index contributed by atoms with van der Waals surface area (Å²) in [5.41, 5.74) is 2.67. The van der Waals surface area contributed by atoms with Crippen molar-refractivity contribution < 1.29 is 19.1 Å². The summed E-state index contributed by atoms with van der Waals surface area (Å²) in [5.74, 6) is -0.737. The molecule has 0 spiro atoms. The molecule has 3 unspecified atom stereocenters. The fourth-order valence-corrected chi connectivity index (χ4v) is 4.95. The average molecular weight is 580 g/mol. The van der Waals surface area contributed by atoms with Crippen LogP contribution in [-0.4, -0.2) is 41.0 Å². The molecule has 42 heavy (non-hydrogen) atoms. The first-order valence-corrected chi connectivity index (χ1v) is 15.6. The van der Waals surface area contributed by atoms with Crippen LogP contribution in [0.3, 0.4) is 0 Å². The number of unbranched alkanes of at least 4 members (excludes halogenated alkanes) is 5. The quantitative estimate of drug-likeness (QED) is 0.209. The summed E-state index contributed by atoms with van der Waals surface area (Å²) in [7, 11) is 0. The van der Waals surface area contributed by atoms with Gasteiger partial charge in [-0.05, 0) is 64.2 Å². The molecule has 3 amide bonds. The van der Waals surface area contributed by atoms with E-state index in [0.717, 1.165) is 48.8 Å². The average Bonchev–Trinajstić information content (AvgIpc) is 2.92. The van der Waals surface area contributed by atoms with Gasteiger partial charge in [-0.15, -0.1) is 0 Å². The monoisotopic (exact) mass is 579 g/mol. The van der Waals surface area contributed by atoms with Gasteiger partial charge in [-0.25, -0.2) is 4.79 Å². The van der Waals surface area contributed by atoms with Crippen LogP contribution < -0.4 is 10.6 Å². The van der Waals surface area contributed by atoms with E-state index in [-0.39, 0.29) is 17.7 Å². The van der Waals surface area contributed by atoms with Crippen molar-refractivity contribution in [3.63, 3.8) is 0 Å². The van der Waals surface area contributed by atoms with Gasteiger partial charge in [-0.2, -0.15) is 0 Å². The molecule has 0 heterocycles. The predicted octanol–water partition coefficient (Wildman–Crippen LogP) is 8.11. The highest BCUT2D eigenvalue weighted by atomic mass is 16.6. The van der Waals surface area contributed by atoms with E-state index in [4.69, 9.17) is 4.74 Å². The van der Waals surface area contributed by atoms with Crippen LogP contribution >= 0.6 is 0 Å². The van der Waals surface area contributed by atoms with E-state index >= 15 is 0 Å². The van der Waals surface area contributed by atoms with Gasteiger partial charge >= 0.3 is 6.09 Å². The zero-order chi connectivity index (χ0) is 31.3. The van der Waals surface area contributed by atoms with Crippen molar-refractivity contribution in [1.29, 1.82) is 0 Å². The van der Waals surface area contributed by atoms with Crippen molar-refractivity contribution in [1.82, 2.24) is 10.2 Å². The number of carbonyl (C=O) groups excluding carboxylic acids is 3. The number of rotatable bonds is 15. The van der Waals surface area contributed by atoms with Gasteiger partial charge < -0.3 is 20.3 Å². The van der Waals surface area contributed by atoms with E-state index in [1.54, 1.807) is 25.7 Å². The second-order valence-corrected chi connectivity index (χ2v) is 12.4. The molecule has 0 aliphatic heterocycles. The molecule has 0 aliphatic carbocycles. The summed E-state index contributed by atoms with van der Waals surface area (Å²) >= 11 is 0. The lowest BCUT2D eigenvalue weighted by Crippen LogP contribution is -2.55. The van der Waals surface area contributed by atoms with Crippen molar-refractivity contribution in [3.8, 4) is 0 Å². The Kier molecular flexibility index (Phi) is 14.1. The van der Waals surface area contributed by atoms with Gasteiger partial charge in [0.05, 0.1) is 0 Å². The van der Waals surface area contributed by atoms with Crippen LogP contribution in [0.25, 0.3) is 0 Å². The Morgan fingerprint density at radius 2 is 1.57 bits per heavy atom. The predicted molar refractivity (Wildman–Crippen MR) is 171 cm³/mol. The van der Waals surface area contributed by atoms with Crippen LogP contribution in [-0.2, 0) is 14.3 Å². The lowest BCUT2D eigenvalue weighted by molar-refractivity contribution is -0.142. The largest absolute Gasteiger partial charge is 0.444 e. The number of anilines is 1. The number of amides is 3. The lowest BCUT2D eigenvalue weighted by Gasteiger charge is -2.36. The molecule has 3 atom stereocenters. The zero-order valence-corrected chi connectivity index (χ0v) is 27.1. The summed E-state index contributed by atoms with van der Waals surface area (Å²) in [4.78, 5) is 43.2. The Bertz CT molecular complexity index is 1160. The van der Waals surface area contributed by atoms with E-state index < -0.39 is 23.8 Å². The molecule has 2 aromatic rings. The third kappa shape index (κ3) is 11.1. The van der Waals surface area contributed by atoms with Crippen LogP contribution in [0.5, 0.6) is 0 Å². The molecule has 232 valence electrons. The number of carbonyl (C=O) groups is 3. The van der Waals surface area contributed by atoms with Gasteiger partial charge in [-0.3, -0.25) is 9.59 Å². The Morgan fingerprint density at radius 3 is 2.19 bits per heavy atom.